The minimum atomic E-state index is 1.03. The van der Waals surface area contributed by atoms with Crippen LogP contribution in [0.3, 0.4) is 0 Å². The number of thiazole rings is 1. The van der Waals surface area contributed by atoms with Crippen LogP contribution in [-0.2, 0) is 6.54 Å². The van der Waals surface area contributed by atoms with Gasteiger partial charge < -0.3 is 4.57 Å². The molecule has 0 aliphatic rings. The fraction of sp³-hybridized carbons (Fsp3) is 0.632. The first-order chi connectivity index (χ1) is 10.8. The first-order valence-corrected chi connectivity index (χ1v) is 10.1. The number of aryl methyl sites for hydroxylation is 1. The van der Waals surface area contributed by atoms with Crippen molar-refractivity contribution in [3.8, 4) is 0 Å². The van der Waals surface area contributed by atoms with Gasteiger partial charge in [-0.15, -0.1) is 11.3 Å². The largest absolute Gasteiger partial charge is 0.323 e. The topological polar surface area (TPSA) is 4.93 Å². The quantitative estimate of drug-likeness (QED) is 0.307. The molecule has 0 unspecified atom stereocenters. The van der Waals surface area contributed by atoms with Crippen molar-refractivity contribution in [1.82, 2.24) is 4.57 Å². The second-order valence-electron chi connectivity index (χ2n) is 6.17. The number of nitrogens with zero attached hydrogens (tertiary/aromatic N) is 1. The Balaban J connectivity index is 1.60. The molecule has 122 valence electrons. The third-order valence-corrected chi connectivity index (χ3v) is 5.74. The van der Waals surface area contributed by atoms with Crippen LogP contribution >= 0.6 is 23.6 Å². The fourth-order valence-electron chi connectivity index (χ4n) is 2.98. The highest BCUT2D eigenvalue weighted by atomic mass is 32.1. The molecule has 1 nitrogen and oxygen atoms in total. The molecule has 1 aromatic carbocycles. The standard InChI is InChI=1S/C19H29NS2/c1-2-3-4-5-6-7-8-9-10-13-16-20-17-14-11-12-15-18(17)22-19(20)21/h11-12,14-15H,2-10,13,16H2,1H3. The van der Waals surface area contributed by atoms with Gasteiger partial charge in [-0.3, -0.25) is 0 Å². The van der Waals surface area contributed by atoms with Crippen molar-refractivity contribution < 1.29 is 0 Å². The highest BCUT2D eigenvalue weighted by Crippen LogP contribution is 2.23. The summed E-state index contributed by atoms with van der Waals surface area (Å²) in [4.78, 5) is 0. The van der Waals surface area contributed by atoms with Gasteiger partial charge in [0.1, 0.15) is 0 Å². The Bertz CT molecular complexity index is 597. The Morgan fingerprint density at radius 2 is 1.45 bits per heavy atom. The maximum atomic E-state index is 5.50. The summed E-state index contributed by atoms with van der Waals surface area (Å²) in [7, 11) is 0. The van der Waals surface area contributed by atoms with Gasteiger partial charge in [-0.25, -0.2) is 0 Å². The van der Waals surface area contributed by atoms with Gasteiger partial charge >= 0.3 is 0 Å². The molecule has 0 spiro atoms. The predicted molar refractivity (Wildman–Crippen MR) is 102 cm³/mol. The Morgan fingerprint density at radius 1 is 0.864 bits per heavy atom. The minimum Gasteiger partial charge on any atom is -0.323 e. The van der Waals surface area contributed by atoms with Crippen molar-refractivity contribution in [1.29, 1.82) is 0 Å². The van der Waals surface area contributed by atoms with Gasteiger partial charge in [0, 0.05) is 6.54 Å². The lowest BCUT2D eigenvalue weighted by Crippen LogP contribution is -1.97. The molecule has 0 bridgehead atoms. The van der Waals surface area contributed by atoms with Gasteiger partial charge in [0.2, 0.25) is 0 Å². The normalized spacial score (nSPS) is 11.3. The highest BCUT2D eigenvalue weighted by Gasteiger charge is 2.03. The van der Waals surface area contributed by atoms with Crippen LogP contribution < -0.4 is 0 Å². The predicted octanol–water partition coefficient (Wildman–Crippen LogP) is 7.35. The first-order valence-electron chi connectivity index (χ1n) is 8.91. The molecule has 0 aliphatic heterocycles. The Hall–Kier alpha value is -0.670. The summed E-state index contributed by atoms with van der Waals surface area (Å²) >= 11 is 7.24. The maximum absolute atomic E-state index is 5.50. The molecule has 0 aliphatic carbocycles. The average molecular weight is 336 g/mol. The van der Waals surface area contributed by atoms with E-state index in [-0.39, 0.29) is 0 Å². The number of unbranched alkanes of at least 4 members (excludes halogenated alkanes) is 9. The lowest BCUT2D eigenvalue weighted by molar-refractivity contribution is 0.538. The van der Waals surface area contributed by atoms with Gasteiger partial charge in [0.25, 0.3) is 0 Å². The number of para-hydroxylation sites is 1. The van der Waals surface area contributed by atoms with Crippen LogP contribution in [0.4, 0.5) is 0 Å². The minimum absolute atomic E-state index is 1.03. The summed E-state index contributed by atoms with van der Waals surface area (Å²) in [6.45, 7) is 3.36. The first kappa shape index (κ1) is 17.7. The molecular formula is C19H29NS2. The van der Waals surface area contributed by atoms with Gasteiger partial charge in [-0.05, 0) is 30.8 Å². The van der Waals surface area contributed by atoms with Crippen molar-refractivity contribution in [2.45, 2.75) is 77.7 Å². The Morgan fingerprint density at radius 3 is 2.14 bits per heavy atom. The van der Waals surface area contributed by atoms with Crippen LogP contribution in [-0.4, -0.2) is 4.57 Å². The van der Waals surface area contributed by atoms with Crippen LogP contribution in [0.2, 0.25) is 0 Å². The molecule has 3 heteroatoms. The van der Waals surface area contributed by atoms with Gasteiger partial charge in [-0.2, -0.15) is 0 Å². The van der Waals surface area contributed by atoms with Gasteiger partial charge in [-0.1, -0.05) is 76.8 Å². The third-order valence-electron chi connectivity index (χ3n) is 4.31. The number of hydrogen-bond acceptors (Lipinski definition) is 2. The number of fused-ring (bicyclic) bond motifs is 1. The number of aromatic nitrogens is 1. The summed E-state index contributed by atoms with van der Waals surface area (Å²) in [5.41, 5.74) is 1.31. The van der Waals surface area contributed by atoms with Crippen LogP contribution in [0, 0.1) is 3.95 Å². The molecule has 1 heterocycles. The van der Waals surface area contributed by atoms with Crippen LogP contribution in [0.5, 0.6) is 0 Å². The molecule has 0 saturated heterocycles. The number of hydrogen-bond donors (Lipinski definition) is 0. The molecule has 22 heavy (non-hydrogen) atoms. The summed E-state index contributed by atoms with van der Waals surface area (Å²) in [5, 5.41) is 0. The van der Waals surface area contributed by atoms with E-state index in [1.807, 2.05) is 0 Å². The van der Waals surface area contributed by atoms with Gasteiger partial charge in [0.15, 0.2) is 3.95 Å². The van der Waals surface area contributed by atoms with E-state index in [1.165, 1.54) is 74.4 Å². The zero-order valence-corrected chi connectivity index (χ0v) is 15.5. The monoisotopic (exact) mass is 335 g/mol. The SMILES string of the molecule is CCCCCCCCCCCCn1c(=S)sc2ccccc21. The van der Waals surface area contributed by atoms with E-state index in [1.54, 1.807) is 11.3 Å². The maximum Gasteiger partial charge on any atom is 0.162 e. The molecule has 0 fully saturated rings. The van der Waals surface area contributed by atoms with Crippen molar-refractivity contribution in [3.05, 3.63) is 28.2 Å². The molecule has 0 radical (unpaired) electrons. The molecule has 0 saturated carbocycles. The van der Waals surface area contributed by atoms with Crippen molar-refractivity contribution in [3.63, 3.8) is 0 Å². The second-order valence-corrected chi connectivity index (χ2v) is 7.85. The van der Waals surface area contributed by atoms with Gasteiger partial charge in [0.05, 0.1) is 10.2 Å². The van der Waals surface area contributed by atoms with Crippen LogP contribution in [0.15, 0.2) is 24.3 Å². The van der Waals surface area contributed by atoms with Crippen LogP contribution in [0.1, 0.15) is 71.1 Å². The van der Waals surface area contributed by atoms with Crippen molar-refractivity contribution in [2.75, 3.05) is 0 Å². The summed E-state index contributed by atoms with van der Waals surface area (Å²) < 4.78 is 4.66. The van der Waals surface area contributed by atoms with Crippen molar-refractivity contribution in [2.24, 2.45) is 0 Å². The molecule has 0 N–H and O–H groups in total. The zero-order valence-electron chi connectivity index (χ0n) is 13.9. The third kappa shape index (κ3) is 5.51. The molecule has 0 amide bonds. The summed E-state index contributed by atoms with van der Waals surface area (Å²) in [6.07, 6.45) is 13.8. The lowest BCUT2D eigenvalue weighted by Gasteiger charge is -2.05. The van der Waals surface area contributed by atoms with E-state index < -0.39 is 0 Å². The fourth-order valence-corrected chi connectivity index (χ4v) is 4.36. The Labute approximate surface area is 144 Å². The van der Waals surface area contributed by atoms with E-state index in [0.29, 0.717) is 0 Å². The average Bonchev–Trinajstić information content (AvgIpc) is 2.85. The van der Waals surface area contributed by atoms with E-state index in [4.69, 9.17) is 12.2 Å². The van der Waals surface area contributed by atoms with E-state index in [0.717, 1.165) is 10.5 Å². The second kappa shape index (κ2) is 10.2. The highest BCUT2D eigenvalue weighted by molar-refractivity contribution is 7.73. The van der Waals surface area contributed by atoms with E-state index in [9.17, 15) is 0 Å². The molecule has 2 aromatic rings. The van der Waals surface area contributed by atoms with Crippen molar-refractivity contribution >= 4 is 33.8 Å². The summed E-state index contributed by atoms with van der Waals surface area (Å²) in [5.74, 6) is 0. The van der Waals surface area contributed by atoms with E-state index in [2.05, 4.69) is 35.8 Å². The summed E-state index contributed by atoms with van der Waals surface area (Å²) in [6, 6.07) is 8.57. The zero-order chi connectivity index (χ0) is 15.6. The van der Waals surface area contributed by atoms with Crippen LogP contribution in [0.25, 0.3) is 10.2 Å². The molecule has 1 aromatic heterocycles. The molecule has 2 rings (SSSR count). The smallest absolute Gasteiger partial charge is 0.162 e. The molecular weight excluding hydrogens is 306 g/mol. The van der Waals surface area contributed by atoms with E-state index >= 15 is 0 Å². The lowest BCUT2D eigenvalue weighted by atomic mass is 10.1. The number of rotatable bonds is 11. The Kier molecular flexibility index (Phi) is 8.17. The molecule has 0 atom stereocenters. The number of benzene rings is 1.